The molecule has 0 spiro atoms. The topological polar surface area (TPSA) is 23.5 Å². The van der Waals surface area contributed by atoms with Gasteiger partial charge in [-0.3, -0.25) is 4.90 Å². The third-order valence-corrected chi connectivity index (χ3v) is 5.02. The summed E-state index contributed by atoms with van der Waals surface area (Å²) < 4.78 is 0. The van der Waals surface area contributed by atoms with Crippen LogP contribution in [0.4, 0.5) is 0 Å². The van der Waals surface area contributed by atoms with Crippen molar-refractivity contribution in [3.8, 4) is 0 Å². The highest BCUT2D eigenvalue weighted by Crippen LogP contribution is 2.39. The minimum atomic E-state index is -0.142. The van der Waals surface area contributed by atoms with Gasteiger partial charge >= 0.3 is 0 Å². The lowest BCUT2D eigenvalue weighted by Gasteiger charge is -2.47. The summed E-state index contributed by atoms with van der Waals surface area (Å²) in [6.45, 7) is 8.00. The fraction of sp³-hybridized carbons (Fsp3) is 1.00. The van der Waals surface area contributed by atoms with Crippen molar-refractivity contribution in [1.82, 2.24) is 4.90 Å². The number of aliphatic hydroxyl groups is 1. The quantitative estimate of drug-likeness (QED) is 0.759. The Bertz CT molecular complexity index is 251. The van der Waals surface area contributed by atoms with Crippen molar-refractivity contribution in [3.63, 3.8) is 0 Å². The zero-order chi connectivity index (χ0) is 12.5. The lowest BCUT2D eigenvalue weighted by Crippen LogP contribution is -2.54. The van der Waals surface area contributed by atoms with Crippen LogP contribution >= 0.6 is 0 Å². The minimum Gasteiger partial charge on any atom is -0.391 e. The molecule has 2 aliphatic rings. The molecule has 1 heterocycles. The molecule has 0 bridgehead atoms. The van der Waals surface area contributed by atoms with Crippen molar-refractivity contribution in [2.45, 2.75) is 83.9 Å². The van der Waals surface area contributed by atoms with Crippen molar-refractivity contribution in [1.29, 1.82) is 0 Å². The number of rotatable bonds is 1. The molecule has 3 unspecified atom stereocenters. The summed E-state index contributed by atoms with van der Waals surface area (Å²) in [5.74, 6) is 0. The van der Waals surface area contributed by atoms with E-state index in [0.717, 1.165) is 0 Å². The van der Waals surface area contributed by atoms with E-state index in [-0.39, 0.29) is 11.5 Å². The third kappa shape index (κ3) is 2.85. The summed E-state index contributed by atoms with van der Waals surface area (Å²) in [5, 5.41) is 10.6. The molecule has 3 atom stereocenters. The third-order valence-electron chi connectivity index (χ3n) is 5.02. The Morgan fingerprint density at radius 2 is 1.82 bits per heavy atom. The van der Waals surface area contributed by atoms with Gasteiger partial charge in [-0.2, -0.15) is 0 Å². The highest BCUT2D eigenvalue weighted by atomic mass is 16.3. The molecule has 1 saturated carbocycles. The molecule has 0 radical (unpaired) electrons. The number of hydrogen-bond acceptors (Lipinski definition) is 2. The van der Waals surface area contributed by atoms with Crippen molar-refractivity contribution >= 4 is 0 Å². The first-order valence-corrected chi connectivity index (χ1v) is 7.46. The number of nitrogens with zero attached hydrogens (tertiary/aromatic N) is 1. The molecule has 100 valence electrons. The largest absolute Gasteiger partial charge is 0.391 e. The van der Waals surface area contributed by atoms with Crippen molar-refractivity contribution < 1.29 is 5.11 Å². The second-order valence-electron chi connectivity index (χ2n) is 6.83. The molecule has 0 aromatic heterocycles. The smallest absolute Gasteiger partial charge is 0.0746 e. The van der Waals surface area contributed by atoms with E-state index in [0.29, 0.717) is 12.1 Å². The van der Waals surface area contributed by atoms with Crippen molar-refractivity contribution in [2.24, 2.45) is 5.41 Å². The van der Waals surface area contributed by atoms with E-state index in [1.165, 1.54) is 51.5 Å². The molecule has 1 saturated heterocycles. The monoisotopic (exact) mass is 239 g/mol. The fourth-order valence-electron chi connectivity index (χ4n) is 3.73. The first-order chi connectivity index (χ1) is 8.02. The molecule has 17 heavy (non-hydrogen) atoms. The molecule has 1 aliphatic heterocycles. The average Bonchev–Trinajstić information content (AvgIpc) is 2.47. The predicted molar refractivity (Wildman–Crippen MR) is 72.1 cm³/mol. The molecular formula is C15H29NO. The molecule has 1 N–H and O–H groups in total. The van der Waals surface area contributed by atoms with Gasteiger partial charge in [0.05, 0.1) is 6.10 Å². The molecule has 0 aromatic carbocycles. The Balaban J connectivity index is 2.08. The number of likely N-dealkylation sites (tertiary alicyclic amines) is 1. The maximum absolute atomic E-state index is 10.6. The van der Waals surface area contributed by atoms with E-state index in [9.17, 15) is 5.11 Å². The summed E-state index contributed by atoms with van der Waals surface area (Å²) in [6.07, 6.45) is 8.85. The standard InChI is InChI=1S/C15H29NO/c1-12-8-5-4-6-11-16(12)13-9-7-10-15(2,3)14(13)17/h12-14,17H,4-11H2,1-3H3. The predicted octanol–water partition coefficient (Wildman–Crippen LogP) is 3.19. The van der Waals surface area contributed by atoms with E-state index in [1.807, 2.05) is 0 Å². The summed E-state index contributed by atoms with van der Waals surface area (Å²) in [4.78, 5) is 2.61. The number of aliphatic hydroxyl groups excluding tert-OH is 1. The van der Waals surface area contributed by atoms with Crippen LogP contribution in [-0.2, 0) is 0 Å². The Morgan fingerprint density at radius 1 is 1.06 bits per heavy atom. The van der Waals surface area contributed by atoms with Gasteiger partial charge in [0.2, 0.25) is 0 Å². The Hall–Kier alpha value is -0.0800. The number of hydrogen-bond donors (Lipinski definition) is 1. The second kappa shape index (κ2) is 5.27. The SMILES string of the molecule is CC1CCCCCN1C1CCCC(C)(C)C1O. The Morgan fingerprint density at radius 3 is 2.59 bits per heavy atom. The molecule has 1 aliphatic carbocycles. The normalized spacial score (nSPS) is 39.9. The summed E-state index contributed by atoms with van der Waals surface area (Å²) in [5.41, 5.74) is 0.106. The van der Waals surface area contributed by atoms with Gasteiger partial charge in [0.15, 0.2) is 0 Å². The first-order valence-electron chi connectivity index (χ1n) is 7.46. The maximum Gasteiger partial charge on any atom is 0.0746 e. The zero-order valence-electron chi connectivity index (χ0n) is 11.8. The molecular weight excluding hydrogens is 210 g/mol. The van der Waals surface area contributed by atoms with Gasteiger partial charge < -0.3 is 5.11 Å². The van der Waals surface area contributed by atoms with Crippen molar-refractivity contribution in [2.75, 3.05) is 6.54 Å². The minimum absolute atomic E-state index is 0.106. The van der Waals surface area contributed by atoms with E-state index in [4.69, 9.17) is 0 Å². The molecule has 2 heteroatoms. The van der Waals surface area contributed by atoms with Crippen LogP contribution in [0.15, 0.2) is 0 Å². The van der Waals surface area contributed by atoms with E-state index in [2.05, 4.69) is 25.7 Å². The van der Waals surface area contributed by atoms with Gasteiger partial charge in [0, 0.05) is 12.1 Å². The van der Waals surface area contributed by atoms with E-state index in [1.54, 1.807) is 0 Å². The van der Waals surface area contributed by atoms with Gasteiger partial charge in [-0.15, -0.1) is 0 Å². The van der Waals surface area contributed by atoms with Gasteiger partial charge in [0.1, 0.15) is 0 Å². The highest BCUT2D eigenvalue weighted by molar-refractivity contribution is 4.95. The van der Waals surface area contributed by atoms with Crippen molar-refractivity contribution in [3.05, 3.63) is 0 Å². The van der Waals surface area contributed by atoms with Crippen LogP contribution in [0.5, 0.6) is 0 Å². The maximum atomic E-state index is 10.6. The Labute approximate surface area is 106 Å². The highest BCUT2D eigenvalue weighted by Gasteiger charge is 2.41. The van der Waals surface area contributed by atoms with Crippen LogP contribution in [0.25, 0.3) is 0 Å². The molecule has 2 nitrogen and oxygen atoms in total. The van der Waals surface area contributed by atoms with Crippen LogP contribution in [0, 0.1) is 5.41 Å². The summed E-state index contributed by atoms with van der Waals surface area (Å²) >= 11 is 0. The lowest BCUT2D eigenvalue weighted by molar-refractivity contribution is -0.0666. The van der Waals surface area contributed by atoms with E-state index < -0.39 is 0 Å². The van der Waals surface area contributed by atoms with Crippen LogP contribution in [0.1, 0.15) is 65.7 Å². The summed E-state index contributed by atoms with van der Waals surface area (Å²) in [7, 11) is 0. The van der Waals surface area contributed by atoms with Crippen LogP contribution < -0.4 is 0 Å². The average molecular weight is 239 g/mol. The summed E-state index contributed by atoms with van der Waals surface area (Å²) in [6, 6.07) is 1.07. The second-order valence-corrected chi connectivity index (χ2v) is 6.83. The molecule has 2 rings (SSSR count). The van der Waals surface area contributed by atoms with Gasteiger partial charge in [-0.25, -0.2) is 0 Å². The Kier molecular flexibility index (Phi) is 4.14. The molecule has 0 aromatic rings. The van der Waals surface area contributed by atoms with Crippen LogP contribution in [-0.4, -0.2) is 34.7 Å². The van der Waals surface area contributed by atoms with Crippen LogP contribution in [0.3, 0.4) is 0 Å². The van der Waals surface area contributed by atoms with Gasteiger partial charge in [0.25, 0.3) is 0 Å². The first kappa shape index (κ1) is 13.4. The van der Waals surface area contributed by atoms with Crippen LogP contribution in [0.2, 0.25) is 0 Å². The molecule has 0 amide bonds. The lowest BCUT2D eigenvalue weighted by atomic mass is 9.72. The zero-order valence-corrected chi connectivity index (χ0v) is 11.8. The molecule has 2 fully saturated rings. The van der Waals surface area contributed by atoms with Gasteiger partial charge in [-0.05, 0) is 44.6 Å². The fourth-order valence-corrected chi connectivity index (χ4v) is 3.73. The van der Waals surface area contributed by atoms with E-state index >= 15 is 0 Å². The van der Waals surface area contributed by atoms with Gasteiger partial charge in [-0.1, -0.05) is 33.1 Å².